The third-order valence-electron chi connectivity index (χ3n) is 2.57. The highest BCUT2D eigenvalue weighted by atomic mass is 16.5. The van der Waals surface area contributed by atoms with Gasteiger partial charge in [-0.05, 0) is 30.7 Å². The lowest BCUT2D eigenvalue weighted by molar-refractivity contribution is 0.233. The molecular formula is C17H17NO. The molecule has 2 radical (unpaired) electrons. The number of rotatable bonds is 6. The SMILES string of the molecule is CCO[C]/C=C(\Nc1ccccc1)c1ccccc1. The molecule has 1 N–H and O–H groups in total. The lowest BCUT2D eigenvalue weighted by Gasteiger charge is -2.11. The van der Waals surface area contributed by atoms with Gasteiger partial charge in [0.15, 0.2) is 6.61 Å². The molecule has 96 valence electrons. The number of hydrogen-bond acceptors (Lipinski definition) is 2. The molecule has 2 heteroatoms. The van der Waals surface area contributed by atoms with Gasteiger partial charge in [-0.2, -0.15) is 0 Å². The second-order valence-corrected chi connectivity index (χ2v) is 3.97. The molecule has 0 unspecified atom stereocenters. The van der Waals surface area contributed by atoms with E-state index in [2.05, 4.69) is 24.1 Å². The highest BCUT2D eigenvalue weighted by molar-refractivity contribution is 5.77. The molecule has 0 aliphatic carbocycles. The van der Waals surface area contributed by atoms with Crippen molar-refractivity contribution in [1.29, 1.82) is 0 Å². The van der Waals surface area contributed by atoms with Crippen molar-refractivity contribution in [2.45, 2.75) is 6.92 Å². The van der Waals surface area contributed by atoms with Gasteiger partial charge < -0.3 is 10.1 Å². The minimum atomic E-state index is 0.615. The van der Waals surface area contributed by atoms with Gasteiger partial charge in [0.25, 0.3) is 0 Å². The largest absolute Gasteiger partial charge is 0.364 e. The summed E-state index contributed by atoms with van der Waals surface area (Å²) in [6.45, 7) is 5.38. The molecule has 0 saturated heterocycles. The van der Waals surface area contributed by atoms with Crippen LogP contribution in [0.3, 0.4) is 0 Å². The molecule has 0 saturated carbocycles. The summed E-state index contributed by atoms with van der Waals surface area (Å²) in [5, 5.41) is 3.37. The fourth-order valence-corrected chi connectivity index (χ4v) is 1.67. The molecule has 0 heterocycles. The maximum atomic E-state index is 5.16. The Morgan fingerprint density at radius 1 is 1.05 bits per heavy atom. The predicted molar refractivity (Wildman–Crippen MR) is 79.4 cm³/mol. The van der Waals surface area contributed by atoms with Crippen molar-refractivity contribution >= 4 is 11.4 Å². The summed E-state index contributed by atoms with van der Waals surface area (Å²) in [5.41, 5.74) is 3.09. The summed E-state index contributed by atoms with van der Waals surface area (Å²) >= 11 is 0. The highest BCUT2D eigenvalue weighted by Gasteiger charge is 2.01. The Bertz CT molecular complexity index is 505. The molecule has 2 nitrogen and oxygen atoms in total. The van der Waals surface area contributed by atoms with Gasteiger partial charge in [0, 0.05) is 18.0 Å². The molecule has 0 amide bonds. The highest BCUT2D eigenvalue weighted by Crippen LogP contribution is 2.18. The van der Waals surface area contributed by atoms with E-state index >= 15 is 0 Å². The zero-order chi connectivity index (χ0) is 13.3. The number of para-hydroxylation sites is 1. The Morgan fingerprint density at radius 3 is 2.32 bits per heavy atom. The zero-order valence-electron chi connectivity index (χ0n) is 11.0. The molecule has 0 aliphatic heterocycles. The van der Waals surface area contributed by atoms with Crippen LogP contribution < -0.4 is 5.32 Å². The van der Waals surface area contributed by atoms with Gasteiger partial charge in [-0.25, -0.2) is 0 Å². The topological polar surface area (TPSA) is 21.3 Å². The Kier molecular flexibility index (Phi) is 5.20. The first-order valence-corrected chi connectivity index (χ1v) is 6.35. The molecule has 0 aromatic heterocycles. The second kappa shape index (κ2) is 7.39. The average Bonchev–Trinajstić information content (AvgIpc) is 2.48. The molecule has 0 atom stereocenters. The Hall–Kier alpha value is -2.06. The average molecular weight is 251 g/mol. The third kappa shape index (κ3) is 4.27. The van der Waals surface area contributed by atoms with Crippen LogP contribution in [-0.2, 0) is 4.74 Å². The second-order valence-electron chi connectivity index (χ2n) is 3.97. The van der Waals surface area contributed by atoms with Crippen molar-refractivity contribution in [2.75, 3.05) is 11.9 Å². The Morgan fingerprint density at radius 2 is 1.68 bits per heavy atom. The van der Waals surface area contributed by atoms with Crippen molar-refractivity contribution in [2.24, 2.45) is 0 Å². The van der Waals surface area contributed by atoms with Crippen LogP contribution in [0.25, 0.3) is 5.70 Å². The first kappa shape index (κ1) is 13.4. The standard InChI is InChI=1S/C17H17NO/c1-2-19-14-13-17(15-9-5-3-6-10-15)18-16-11-7-4-8-12-16/h3-13,18H,2H2,1H3/b17-13-. The van der Waals surface area contributed by atoms with Crippen LogP contribution in [0.5, 0.6) is 0 Å². The summed E-state index contributed by atoms with van der Waals surface area (Å²) in [7, 11) is 0. The summed E-state index contributed by atoms with van der Waals surface area (Å²) in [6.07, 6.45) is 1.83. The normalized spacial score (nSPS) is 11.3. The van der Waals surface area contributed by atoms with Crippen molar-refractivity contribution in [3.05, 3.63) is 78.9 Å². The van der Waals surface area contributed by atoms with Gasteiger partial charge in [-0.1, -0.05) is 48.5 Å². The molecule has 0 bridgehead atoms. The van der Waals surface area contributed by atoms with Crippen LogP contribution in [0, 0.1) is 6.61 Å². The number of ether oxygens (including phenoxy) is 1. The molecule has 19 heavy (non-hydrogen) atoms. The predicted octanol–water partition coefficient (Wildman–Crippen LogP) is 4.21. The molecule has 2 rings (SSSR count). The van der Waals surface area contributed by atoms with Crippen LogP contribution in [0.4, 0.5) is 5.69 Å². The van der Waals surface area contributed by atoms with Gasteiger partial charge >= 0.3 is 0 Å². The molecule has 0 aliphatic rings. The van der Waals surface area contributed by atoms with Gasteiger partial charge in [0.2, 0.25) is 0 Å². The Labute approximate surface area is 114 Å². The van der Waals surface area contributed by atoms with Crippen molar-refractivity contribution in [3.63, 3.8) is 0 Å². The van der Waals surface area contributed by atoms with Crippen LogP contribution in [0.2, 0.25) is 0 Å². The molecule has 2 aromatic carbocycles. The van der Waals surface area contributed by atoms with E-state index in [0.29, 0.717) is 6.61 Å². The smallest absolute Gasteiger partial charge is 0.160 e. The minimum Gasteiger partial charge on any atom is -0.364 e. The maximum Gasteiger partial charge on any atom is 0.160 e. The molecule has 0 fully saturated rings. The fraction of sp³-hybridized carbons (Fsp3) is 0.118. The van der Waals surface area contributed by atoms with Gasteiger partial charge in [0.1, 0.15) is 0 Å². The Balaban J connectivity index is 2.17. The van der Waals surface area contributed by atoms with Gasteiger partial charge in [0.05, 0.1) is 0 Å². The maximum absolute atomic E-state index is 5.16. The monoisotopic (exact) mass is 251 g/mol. The van der Waals surface area contributed by atoms with Crippen molar-refractivity contribution < 1.29 is 4.74 Å². The molecule has 2 aromatic rings. The number of benzene rings is 2. The van der Waals surface area contributed by atoms with Crippen LogP contribution in [-0.4, -0.2) is 6.61 Å². The van der Waals surface area contributed by atoms with Crippen molar-refractivity contribution in [1.82, 2.24) is 0 Å². The van der Waals surface area contributed by atoms with E-state index in [1.165, 1.54) is 0 Å². The molecular weight excluding hydrogens is 234 g/mol. The van der Waals surface area contributed by atoms with E-state index in [4.69, 9.17) is 4.74 Å². The van der Waals surface area contributed by atoms with Crippen LogP contribution in [0.1, 0.15) is 12.5 Å². The summed E-state index contributed by atoms with van der Waals surface area (Å²) in [5.74, 6) is 0. The summed E-state index contributed by atoms with van der Waals surface area (Å²) < 4.78 is 5.16. The summed E-state index contributed by atoms with van der Waals surface area (Å²) in [4.78, 5) is 0. The number of hydrogen-bond donors (Lipinski definition) is 1. The fourth-order valence-electron chi connectivity index (χ4n) is 1.67. The third-order valence-corrected chi connectivity index (χ3v) is 2.57. The zero-order valence-corrected chi connectivity index (χ0v) is 11.0. The van der Waals surface area contributed by atoms with Crippen LogP contribution >= 0.6 is 0 Å². The van der Waals surface area contributed by atoms with Crippen LogP contribution in [0.15, 0.2) is 66.7 Å². The van der Waals surface area contributed by atoms with E-state index in [1.807, 2.05) is 61.5 Å². The quantitative estimate of drug-likeness (QED) is 0.776. The van der Waals surface area contributed by atoms with E-state index in [0.717, 1.165) is 16.9 Å². The number of nitrogens with one attached hydrogen (secondary N) is 1. The van der Waals surface area contributed by atoms with E-state index in [-0.39, 0.29) is 0 Å². The lowest BCUT2D eigenvalue weighted by Crippen LogP contribution is -1.99. The van der Waals surface area contributed by atoms with E-state index in [1.54, 1.807) is 0 Å². The van der Waals surface area contributed by atoms with E-state index < -0.39 is 0 Å². The van der Waals surface area contributed by atoms with E-state index in [9.17, 15) is 0 Å². The van der Waals surface area contributed by atoms with Gasteiger partial charge in [-0.15, -0.1) is 0 Å². The first-order chi connectivity index (χ1) is 9.40. The van der Waals surface area contributed by atoms with Gasteiger partial charge in [-0.3, -0.25) is 0 Å². The first-order valence-electron chi connectivity index (χ1n) is 6.35. The number of anilines is 1. The van der Waals surface area contributed by atoms with Crippen molar-refractivity contribution in [3.8, 4) is 0 Å². The molecule has 0 spiro atoms. The minimum absolute atomic E-state index is 0.615. The summed E-state index contributed by atoms with van der Waals surface area (Å²) in [6, 6.07) is 20.2. The lowest BCUT2D eigenvalue weighted by atomic mass is 10.1.